The van der Waals surface area contributed by atoms with Crippen LogP contribution in [0.4, 0.5) is 11.5 Å². The molecule has 1 aromatic heterocycles. The van der Waals surface area contributed by atoms with Crippen molar-refractivity contribution in [1.29, 1.82) is 0 Å². The molecule has 1 amide bonds. The van der Waals surface area contributed by atoms with Crippen molar-refractivity contribution in [3.63, 3.8) is 0 Å². The Balaban J connectivity index is 1.54. The zero-order chi connectivity index (χ0) is 24.2. The molecule has 34 heavy (non-hydrogen) atoms. The Labute approximate surface area is 202 Å². The first kappa shape index (κ1) is 23.2. The van der Waals surface area contributed by atoms with E-state index in [1.165, 1.54) is 0 Å². The van der Waals surface area contributed by atoms with Gasteiger partial charge in [0.05, 0.1) is 6.42 Å². The summed E-state index contributed by atoms with van der Waals surface area (Å²) >= 11 is 6.30. The Hall–Kier alpha value is -3.97. The minimum atomic E-state index is -1.00. The number of halogens is 1. The number of rotatable bonds is 7. The number of benzene rings is 3. The Kier molecular flexibility index (Phi) is 6.75. The van der Waals surface area contributed by atoms with Gasteiger partial charge in [0, 0.05) is 37.3 Å². The Morgan fingerprint density at radius 1 is 0.971 bits per heavy atom. The lowest BCUT2D eigenvalue weighted by Crippen LogP contribution is -2.18. The van der Waals surface area contributed by atoms with E-state index in [-0.39, 0.29) is 17.5 Å². The summed E-state index contributed by atoms with van der Waals surface area (Å²) < 4.78 is 0. The van der Waals surface area contributed by atoms with Crippen LogP contribution in [-0.4, -0.2) is 41.0 Å². The predicted octanol–water partition coefficient (Wildman–Crippen LogP) is 4.82. The molecule has 4 aromatic rings. The number of carboxylic acid groups (broad SMARTS) is 1. The lowest BCUT2D eigenvalue weighted by molar-refractivity contribution is -0.136. The maximum Gasteiger partial charge on any atom is 0.308 e. The van der Waals surface area contributed by atoms with Crippen molar-refractivity contribution in [2.24, 2.45) is 0 Å². The second-order valence-corrected chi connectivity index (χ2v) is 8.45. The van der Waals surface area contributed by atoms with Gasteiger partial charge in [-0.1, -0.05) is 54.1 Å². The first-order chi connectivity index (χ1) is 16.3. The van der Waals surface area contributed by atoms with Gasteiger partial charge in [-0.15, -0.1) is 0 Å². The van der Waals surface area contributed by atoms with Gasteiger partial charge in [0.15, 0.2) is 0 Å². The number of amides is 1. The van der Waals surface area contributed by atoms with Gasteiger partial charge in [-0.25, -0.2) is 9.97 Å². The van der Waals surface area contributed by atoms with Crippen LogP contribution in [0.15, 0.2) is 66.7 Å². The van der Waals surface area contributed by atoms with Crippen molar-refractivity contribution in [3.05, 3.63) is 94.4 Å². The quantitative estimate of drug-likeness (QED) is 0.373. The summed E-state index contributed by atoms with van der Waals surface area (Å²) in [7, 11) is 3.55. The third-order valence-electron chi connectivity index (χ3n) is 5.29. The molecule has 0 atom stereocenters. The fraction of sp³-hybridized carbons (Fsp3) is 0.154. The molecule has 3 aromatic carbocycles. The number of aliphatic carboxylic acids is 1. The molecule has 0 spiro atoms. The lowest BCUT2D eigenvalue weighted by atomic mass is 10.1. The maximum atomic E-state index is 12.8. The van der Waals surface area contributed by atoms with Gasteiger partial charge in [0.2, 0.25) is 0 Å². The van der Waals surface area contributed by atoms with Crippen LogP contribution in [-0.2, 0) is 17.6 Å². The number of aromatic nitrogens is 2. The van der Waals surface area contributed by atoms with Crippen LogP contribution in [0, 0.1) is 0 Å². The van der Waals surface area contributed by atoms with Gasteiger partial charge in [-0.05, 0) is 40.6 Å². The Morgan fingerprint density at radius 3 is 2.47 bits per heavy atom. The van der Waals surface area contributed by atoms with Gasteiger partial charge in [-0.2, -0.15) is 0 Å². The number of fused-ring (bicyclic) bond motifs is 1. The van der Waals surface area contributed by atoms with Gasteiger partial charge < -0.3 is 15.3 Å². The number of carbonyl (C=O) groups is 2. The van der Waals surface area contributed by atoms with E-state index in [2.05, 4.69) is 15.3 Å². The third-order valence-corrected chi connectivity index (χ3v) is 5.60. The molecule has 0 saturated heterocycles. The van der Waals surface area contributed by atoms with Crippen LogP contribution in [0.25, 0.3) is 10.8 Å². The van der Waals surface area contributed by atoms with Gasteiger partial charge >= 0.3 is 5.97 Å². The second-order valence-electron chi connectivity index (χ2n) is 8.09. The fourth-order valence-corrected chi connectivity index (χ4v) is 3.96. The molecule has 4 rings (SSSR count). The normalized spacial score (nSPS) is 10.8. The number of carboxylic acids is 1. The van der Waals surface area contributed by atoms with Crippen molar-refractivity contribution in [2.75, 3.05) is 24.3 Å². The van der Waals surface area contributed by atoms with E-state index >= 15 is 0 Å². The molecular formula is C26H23ClN4O3. The molecule has 1 heterocycles. The molecule has 8 heteroatoms. The topological polar surface area (TPSA) is 95.4 Å². The average Bonchev–Trinajstić information content (AvgIpc) is 2.80. The van der Waals surface area contributed by atoms with Gasteiger partial charge in [0.1, 0.15) is 16.8 Å². The van der Waals surface area contributed by atoms with E-state index in [1.807, 2.05) is 60.7 Å². The third kappa shape index (κ3) is 5.32. The van der Waals surface area contributed by atoms with E-state index < -0.39 is 5.97 Å². The first-order valence-electron chi connectivity index (χ1n) is 10.6. The van der Waals surface area contributed by atoms with E-state index in [0.29, 0.717) is 34.9 Å². The van der Waals surface area contributed by atoms with Crippen LogP contribution in [0.1, 0.15) is 27.3 Å². The van der Waals surface area contributed by atoms with Crippen LogP contribution in [0.2, 0.25) is 5.15 Å². The zero-order valence-corrected chi connectivity index (χ0v) is 19.5. The van der Waals surface area contributed by atoms with Crippen molar-refractivity contribution in [3.8, 4) is 0 Å². The smallest absolute Gasteiger partial charge is 0.308 e. The Bertz CT molecular complexity index is 1390. The molecular weight excluding hydrogens is 452 g/mol. The first-order valence-corrected chi connectivity index (χ1v) is 11.0. The number of anilines is 2. The standard InChI is InChI=1S/C26H23ClN4O3/c1-31(2)25-21(15-23(32)33)24(27)29-22(30-25)13-16-6-5-9-20(12-16)28-26(34)19-11-10-17-7-3-4-8-18(17)14-19/h3-12,14H,13,15H2,1-2H3,(H,28,34)(H,32,33). The number of nitrogens with zero attached hydrogens (tertiary/aromatic N) is 3. The highest BCUT2D eigenvalue weighted by Crippen LogP contribution is 2.25. The van der Waals surface area contributed by atoms with E-state index in [4.69, 9.17) is 11.6 Å². The summed E-state index contributed by atoms with van der Waals surface area (Å²) in [5, 5.41) is 14.3. The zero-order valence-electron chi connectivity index (χ0n) is 18.7. The SMILES string of the molecule is CN(C)c1nc(Cc2cccc(NC(=O)c3ccc4ccccc4c3)c2)nc(Cl)c1CC(=O)O. The second kappa shape index (κ2) is 9.89. The monoisotopic (exact) mass is 474 g/mol. The minimum absolute atomic E-state index is 0.122. The van der Waals surface area contributed by atoms with Gasteiger partial charge in [-0.3, -0.25) is 9.59 Å². The number of hydrogen-bond acceptors (Lipinski definition) is 5. The molecule has 172 valence electrons. The summed E-state index contributed by atoms with van der Waals surface area (Å²) in [4.78, 5) is 34.6. The summed E-state index contributed by atoms with van der Waals surface area (Å²) in [6.45, 7) is 0. The molecule has 0 radical (unpaired) electrons. The molecule has 0 aliphatic carbocycles. The molecule has 0 fully saturated rings. The molecule has 0 bridgehead atoms. The lowest BCUT2D eigenvalue weighted by Gasteiger charge is -2.17. The van der Waals surface area contributed by atoms with Crippen molar-refractivity contribution in [1.82, 2.24) is 9.97 Å². The summed E-state index contributed by atoms with van der Waals surface area (Å²) in [5.41, 5.74) is 2.48. The number of nitrogens with one attached hydrogen (secondary N) is 1. The maximum absolute atomic E-state index is 12.8. The van der Waals surface area contributed by atoms with Crippen LogP contribution >= 0.6 is 11.6 Å². The van der Waals surface area contributed by atoms with Crippen molar-refractivity contribution < 1.29 is 14.7 Å². The highest BCUT2D eigenvalue weighted by molar-refractivity contribution is 6.30. The summed E-state index contributed by atoms with van der Waals surface area (Å²) in [6, 6.07) is 20.9. The largest absolute Gasteiger partial charge is 0.481 e. The van der Waals surface area contributed by atoms with Crippen LogP contribution in [0.5, 0.6) is 0 Å². The van der Waals surface area contributed by atoms with E-state index in [9.17, 15) is 14.7 Å². The average molecular weight is 475 g/mol. The molecule has 0 aliphatic rings. The number of hydrogen-bond donors (Lipinski definition) is 2. The fourth-order valence-electron chi connectivity index (χ4n) is 3.72. The van der Waals surface area contributed by atoms with Crippen LogP contribution < -0.4 is 10.2 Å². The highest BCUT2D eigenvalue weighted by Gasteiger charge is 2.18. The van der Waals surface area contributed by atoms with Gasteiger partial charge in [0.25, 0.3) is 5.91 Å². The van der Waals surface area contributed by atoms with Crippen LogP contribution in [0.3, 0.4) is 0 Å². The van der Waals surface area contributed by atoms with E-state index in [0.717, 1.165) is 16.3 Å². The van der Waals surface area contributed by atoms with Crippen molar-refractivity contribution >= 4 is 45.8 Å². The highest BCUT2D eigenvalue weighted by atomic mass is 35.5. The summed E-state index contributed by atoms with van der Waals surface area (Å²) in [6.07, 6.45) is 0.108. The molecule has 0 saturated carbocycles. The Morgan fingerprint density at radius 2 is 1.74 bits per heavy atom. The van der Waals surface area contributed by atoms with E-state index in [1.54, 1.807) is 25.1 Å². The summed E-state index contributed by atoms with van der Waals surface area (Å²) in [5.74, 6) is -0.273. The predicted molar refractivity (Wildman–Crippen MR) is 134 cm³/mol. The molecule has 0 aliphatic heterocycles. The molecule has 7 nitrogen and oxygen atoms in total. The number of carbonyl (C=O) groups excluding carboxylic acids is 1. The minimum Gasteiger partial charge on any atom is -0.481 e. The molecule has 0 unspecified atom stereocenters. The molecule has 2 N–H and O–H groups in total. The van der Waals surface area contributed by atoms with Crippen molar-refractivity contribution in [2.45, 2.75) is 12.8 Å².